The standard InChI is InChI=1S/C36H26BN/c37-33-20-14-29(15-21-33)31-18-24-35(25-19-31)38(34-22-16-30(17-23-34)27-8-3-1-4-9-27)36-13-7-12-32(26-36)28-10-5-2-6-11-28/h1-26H. The Kier molecular flexibility index (Phi) is 6.61. The second kappa shape index (κ2) is 10.7. The predicted molar refractivity (Wildman–Crippen MR) is 163 cm³/mol. The van der Waals surface area contributed by atoms with Gasteiger partial charge in [-0.2, -0.15) is 0 Å². The minimum Gasteiger partial charge on any atom is -0.310 e. The Morgan fingerprint density at radius 3 is 1.21 bits per heavy atom. The fourth-order valence-corrected chi connectivity index (χ4v) is 4.81. The van der Waals surface area contributed by atoms with E-state index < -0.39 is 0 Å². The van der Waals surface area contributed by atoms with Crippen LogP contribution in [0.5, 0.6) is 0 Å². The number of anilines is 3. The van der Waals surface area contributed by atoms with E-state index in [0.29, 0.717) is 0 Å². The SMILES string of the molecule is [B]c1ccc(-c2ccc(N(c3ccc(-c4ccccc4)cc3)c3cccc(-c4ccccc4)c3)cc2)cc1. The molecule has 0 aliphatic carbocycles. The number of nitrogens with zero attached hydrogens (tertiary/aromatic N) is 1. The first kappa shape index (κ1) is 23.6. The van der Waals surface area contributed by atoms with Crippen LogP contribution >= 0.6 is 0 Å². The Morgan fingerprint density at radius 2 is 0.711 bits per heavy atom. The van der Waals surface area contributed by atoms with Crippen LogP contribution in [0.1, 0.15) is 0 Å². The van der Waals surface area contributed by atoms with Gasteiger partial charge >= 0.3 is 0 Å². The summed E-state index contributed by atoms with van der Waals surface area (Å²) in [5.74, 6) is 0. The molecule has 0 bridgehead atoms. The van der Waals surface area contributed by atoms with Crippen LogP contribution < -0.4 is 10.4 Å². The molecule has 38 heavy (non-hydrogen) atoms. The van der Waals surface area contributed by atoms with Crippen molar-refractivity contribution in [1.29, 1.82) is 0 Å². The maximum Gasteiger partial charge on any atom is 0.113 e. The molecule has 0 unspecified atom stereocenters. The van der Waals surface area contributed by atoms with Crippen LogP contribution in [0.4, 0.5) is 17.1 Å². The summed E-state index contributed by atoms with van der Waals surface area (Å²) in [7, 11) is 5.89. The van der Waals surface area contributed by atoms with E-state index in [0.717, 1.165) is 33.7 Å². The summed E-state index contributed by atoms with van der Waals surface area (Å²) in [5.41, 5.74) is 11.2. The van der Waals surface area contributed by atoms with Gasteiger partial charge in [-0.05, 0) is 69.8 Å². The zero-order chi connectivity index (χ0) is 25.7. The normalized spacial score (nSPS) is 10.7. The van der Waals surface area contributed by atoms with Crippen LogP contribution in [-0.4, -0.2) is 7.85 Å². The highest BCUT2D eigenvalue weighted by Gasteiger charge is 2.14. The van der Waals surface area contributed by atoms with Crippen molar-refractivity contribution in [2.75, 3.05) is 4.90 Å². The minimum atomic E-state index is 0.772. The second-order valence-electron chi connectivity index (χ2n) is 9.33. The molecule has 0 spiro atoms. The first-order valence-corrected chi connectivity index (χ1v) is 12.8. The average Bonchev–Trinajstić information content (AvgIpc) is 3.00. The van der Waals surface area contributed by atoms with E-state index in [2.05, 4.69) is 144 Å². The van der Waals surface area contributed by atoms with Crippen molar-refractivity contribution in [2.24, 2.45) is 0 Å². The molecule has 0 aromatic heterocycles. The summed E-state index contributed by atoms with van der Waals surface area (Å²) in [6, 6.07) is 55.3. The van der Waals surface area contributed by atoms with Crippen molar-refractivity contribution in [3.05, 3.63) is 158 Å². The Labute approximate surface area is 226 Å². The smallest absolute Gasteiger partial charge is 0.113 e. The molecule has 2 radical (unpaired) electrons. The third kappa shape index (κ3) is 5.03. The van der Waals surface area contributed by atoms with Crippen LogP contribution in [0.15, 0.2) is 158 Å². The molecular formula is C36H26BN. The molecule has 178 valence electrons. The molecule has 6 aromatic carbocycles. The molecule has 2 heteroatoms. The number of hydrogen-bond donors (Lipinski definition) is 0. The van der Waals surface area contributed by atoms with Gasteiger partial charge in [0.25, 0.3) is 0 Å². The van der Waals surface area contributed by atoms with Crippen molar-refractivity contribution in [3.63, 3.8) is 0 Å². The van der Waals surface area contributed by atoms with Crippen LogP contribution in [0.3, 0.4) is 0 Å². The van der Waals surface area contributed by atoms with Gasteiger partial charge in [-0.3, -0.25) is 0 Å². The van der Waals surface area contributed by atoms with Gasteiger partial charge in [0, 0.05) is 17.1 Å². The van der Waals surface area contributed by atoms with Gasteiger partial charge in [0.05, 0.1) is 0 Å². The number of benzene rings is 6. The van der Waals surface area contributed by atoms with E-state index in [4.69, 9.17) is 7.85 Å². The topological polar surface area (TPSA) is 3.24 Å². The summed E-state index contributed by atoms with van der Waals surface area (Å²) in [4.78, 5) is 2.31. The lowest BCUT2D eigenvalue weighted by Gasteiger charge is -2.26. The lowest BCUT2D eigenvalue weighted by Crippen LogP contribution is -2.10. The van der Waals surface area contributed by atoms with Crippen molar-refractivity contribution in [1.82, 2.24) is 0 Å². The van der Waals surface area contributed by atoms with Gasteiger partial charge in [-0.15, -0.1) is 0 Å². The molecule has 6 aromatic rings. The zero-order valence-corrected chi connectivity index (χ0v) is 21.0. The summed E-state index contributed by atoms with van der Waals surface area (Å²) in [6.07, 6.45) is 0. The highest BCUT2D eigenvalue weighted by molar-refractivity contribution is 6.32. The minimum absolute atomic E-state index is 0.772. The Bertz CT molecular complexity index is 1620. The predicted octanol–water partition coefficient (Wildman–Crippen LogP) is 8.95. The maximum absolute atomic E-state index is 5.89. The zero-order valence-electron chi connectivity index (χ0n) is 21.0. The first-order chi connectivity index (χ1) is 18.7. The molecule has 0 saturated carbocycles. The third-order valence-corrected chi connectivity index (χ3v) is 6.81. The van der Waals surface area contributed by atoms with Crippen LogP contribution in [0.25, 0.3) is 33.4 Å². The second-order valence-corrected chi connectivity index (χ2v) is 9.33. The molecule has 0 aliphatic rings. The Morgan fingerprint density at radius 1 is 0.316 bits per heavy atom. The van der Waals surface area contributed by atoms with Crippen molar-refractivity contribution in [3.8, 4) is 33.4 Å². The summed E-state index contributed by atoms with van der Waals surface area (Å²) < 4.78 is 0. The Balaban J connectivity index is 1.42. The molecular weight excluding hydrogens is 457 g/mol. The largest absolute Gasteiger partial charge is 0.310 e. The van der Waals surface area contributed by atoms with Crippen LogP contribution in [-0.2, 0) is 0 Å². The molecule has 0 heterocycles. The molecule has 0 N–H and O–H groups in total. The first-order valence-electron chi connectivity index (χ1n) is 12.8. The molecule has 6 rings (SSSR count). The van der Waals surface area contributed by atoms with E-state index in [1.54, 1.807) is 0 Å². The highest BCUT2D eigenvalue weighted by atomic mass is 15.1. The van der Waals surface area contributed by atoms with Gasteiger partial charge in [0.2, 0.25) is 0 Å². The van der Waals surface area contributed by atoms with Crippen molar-refractivity contribution >= 4 is 30.4 Å². The molecule has 1 nitrogen and oxygen atoms in total. The molecule has 0 saturated heterocycles. The summed E-state index contributed by atoms with van der Waals surface area (Å²) in [5, 5.41) is 0. The molecule has 0 aliphatic heterocycles. The van der Waals surface area contributed by atoms with E-state index in [9.17, 15) is 0 Å². The van der Waals surface area contributed by atoms with Crippen LogP contribution in [0.2, 0.25) is 0 Å². The quantitative estimate of drug-likeness (QED) is 0.214. The number of rotatable bonds is 6. The van der Waals surface area contributed by atoms with Gasteiger partial charge in [-0.25, -0.2) is 0 Å². The van der Waals surface area contributed by atoms with Gasteiger partial charge in [-0.1, -0.05) is 127 Å². The van der Waals surface area contributed by atoms with Gasteiger partial charge in [0.15, 0.2) is 0 Å². The molecule has 0 fully saturated rings. The highest BCUT2D eigenvalue weighted by Crippen LogP contribution is 2.38. The van der Waals surface area contributed by atoms with Gasteiger partial charge in [0.1, 0.15) is 7.85 Å². The fourth-order valence-electron chi connectivity index (χ4n) is 4.81. The average molecular weight is 483 g/mol. The fraction of sp³-hybridized carbons (Fsp3) is 0. The molecule has 0 amide bonds. The van der Waals surface area contributed by atoms with Crippen molar-refractivity contribution < 1.29 is 0 Å². The number of hydrogen-bond acceptors (Lipinski definition) is 1. The van der Waals surface area contributed by atoms with Gasteiger partial charge < -0.3 is 4.90 Å². The monoisotopic (exact) mass is 483 g/mol. The lowest BCUT2D eigenvalue weighted by atomic mass is 9.93. The van der Waals surface area contributed by atoms with E-state index >= 15 is 0 Å². The van der Waals surface area contributed by atoms with E-state index in [1.165, 1.54) is 22.3 Å². The van der Waals surface area contributed by atoms with E-state index in [-0.39, 0.29) is 0 Å². The molecule has 0 atom stereocenters. The summed E-state index contributed by atoms with van der Waals surface area (Å²) >= 11 is 0. The lowest BCUT2D eigenvalue weighted by molar-refractivity contribution is 1.28. The van der Waals surface area contributed by atoms with Crippen molar-refractivity contribution in [2.45, 2.75) is 0 Å². The van der Waals surface area contributed by atoms with E-state index in [1.807, 2.05) is 18.2 Å². The Hall–Kier alpha value is -4.82. The maximum atomic E-state index is 5.89. The van der Waals surface area contributed by atoms with Crippen LogP contribution in [0, 0.1) is 0 Å². The summed E-state index contributed by atoms with van der Waals surface area (Å²) in [6.45, 7) is 0. The third-order valence-electron chi connectivity index (χ3n) is 6.81.